The first-order valence-corrected chi connectivity index (χ1v) is 5.88. The molecule has 0 saturated carbocycles. The maximum atomic E-state index is 5.33. The van der Waals surface area contributed by atoms with Crippen LogP contribution in [0.2, 0.25) is 0 Å². The standard InChI is InChI=1S/C14H13N3O/c1-2-7-15-13(5-1)14-16-8-10-17(14)9-6-12-4-3-11-18-12/h1-5,7-8,10-11H,6,9H2. The first kappa shape index (κ1) is 10.8. The molecule has 0 aromatic carbocycles. The topological polar surface area (TPSA) is 43.9 Å². The maximum absolute atomic E-state index is 5.33. The molecule has 0 saturated heterocycles. The molecular formula is C14H13N3O. The molecule has 0 bridgehead atoms. The van der Waals surface area contributed by atoms with Crippen molar-refractivity contribution in [3.63, 3.8) is 0 Å². The second-order valence-electron chi connectivity index (χ2n) is 3.99. The monoisotopic (exact) mass is 239 g/mol. The van der Waals surface area contributed by atoms with Crippen LogP contribution in [-0.2, 0) is 13.0 Å². The fourth-order valence-electron chi connectivity index (χ4n) is 1.90. The first-order chi connectivity index (χ1) is 8.93. The Kier molecular flexibility index (Phi) is 2.92. The summed E-state index contributed by atoms with van der Waals surface area (Å²) in [6, 6.07) is 9.72. The normalized spacial score (nSPS) is 10.7. The number of pyridine rings is 1. The number of hydrogen-bond acceptors (Lipinski definition) is 3. The lowest BCUT2D eigenvalue weighted by atomic mass is 10.3. The van der Waals surface area contributed by atoms with Gasteiger partial charge >= 0.3 is 0 Å². The third kappa shape index (κ3) is 2.18. The van der Waals surface area contributed by atoms with Gasteiger partial charge in [0, 0.05) is 31.6 Å². The van der Waals surface area contributed by atoms with Crippen LogP contribution in [-0.4, -0.2) is 14.5 Å². The fourth-order valence-corrected chi connectivity index (χ4v) is 1.90. The Morgan fingerprint density at radius 2 is 2.06 bits per heavy atom. The largest absolute Gasteiger partial charge is 0.469 e. The molecule has 0 aliphatic carbocycles. The Bertz CT molecular complexity index is 599. The molecule has 0 aliphatic rings. The fraction of sp³-hybridized carbons (Fsp3) is 0.143. The summed E-state index contributed by atoms with van der Waals surface area (Å²) < 4.78 is 7.42. The lowest BCUT2D eigenvalue weighted by molar-refractivity contribution is 0.492. The minimum Gasteiger partial charge on any atom is -0.469 e. The van der Waals surface area contributed by atoms with Crippen LogP contribution in [0.3, 0.4) is 0 Å². The van der Waals surface area contributed by atoms with Gasteiger partial charge < -0.3 is 8.98 Å². The van der Waals surface area contributed by atoms with Gasteiger partial charge in [0.25, 0.3) is 0 Å². The summed E-state index contributed by atoms with van der Waals surface area (Å²) in [6.45, 7) is 0.833. The molecule has 4 nitrogen and oxygen atoms in total. The highest BCUT2D eigenvalue weighted by atomic mass is 16.3. The van der Waals surface area contributed by atoms with Crippen molar-refractivity contribution >= 4 is 0 Å². The molecule has 3 aromatic rings. The van der Waals surface area contributed by atoms with E-state index in [2.05, 4.69) is 14.5 Å². The molecule has 4 heteroatoms. The molecule has 3 heterocycles. The number of hydrogen-bond donors (Lipinski definition) is 0. The molecule has 0 radical (unpaired) electrons. The number of nitrogens with zero attached hydrogens (tertiary/aromatic N) is 3. The van der Waals surface area contributed by atoms with Crippen molar-refractivity contribution in [3.05, 3.63) is 60.9 Å². The highest BCUT2D eigenvalue weighted by molar-refractivity contribution is 5.48. The predicted octanol–water partition coefficient (Wildman–Crippen LogP) is 2.78. The number of aromatic nitrogens is 3. The highest BCUT2D eigenvalue weighted by Crippen LogP contribution is 2.14. The second kappa shape index (κ2) is 4.87. The van der Waals surface area contributed by atoms with E-state index in [0.29, 0.717) is 0 Å². The van der Waals surface area contributed by atoms with Crippen LogP contribution in [0, 0.1) is 0 Å². The Hall–Kier alpha value is -2.36. The van der Waals surface area contributed by atoms with E-state index < -0.39 is 0 Å². The zero-order valence-corrected chi connectivity index (χ0v) is 9.86. The minimum absolute atomic E-state index is 0.833. The molecule has 0 aliphatic heterocycles. The van der Waals surface area contributed by atoms with Crippen molar-refractivity contribution in [1.82, 2.24) is 14.5 Å². The third-order valence-corrected chi connectivity index (χ3v) is 2.79. The van der Waals surface area contributed by atoms with E-state index in [9.17, 15) is 0 Å². The summed E-state index contributed by atoms with van der Waals surface area (Å²) in [5.74, 6) is 1.87. The van der Waals surface area contributed by atoms with Gasteiger partial charge in [-0.05, 0) is 24.3 Å². The van der Waals surface area contributed by atoms with Crippen molar-refractivity contribution in [2.24, 2.45) is 0 Å². The van der Waals surface area contributed by atoms with E-state index in [1.165, 1.54) is 0 Å². The van der Waals surface area contributed by atoms with Gasteiger partial charge in [-0.1, -0.05) is 6.07 Å². The Morgan fingerprint density at radius 1 is 1.06 bits per heavy atom. The summed E-state index contributed by atoms with van der Waals surface area (Å²) in [4.78, 5) is 8.68. The molecule has 90 valence electrons. The van der Waals surface area contributed by atoms with E-state index in [0.717, 1.165) is 30.2 Å². The molecule has 0 amide bonds. The van der Waals surface area contributed by atoms with E-state index in [-0.39, 0.29) is 0 Å². The summed E-state index contributed by atoms with van der Waals surface area (Å²) in [5.41, 5.74) is 0.891. The maximum Gasteiger partial charge on any atom is 0.158 e. The second-order valence-corrected chi connectivity index (χ2v) is 3.99. The van der Waals surface area contributed by atoms with Gasteiger partial charge in [-0.15, -0.1) is 0 Å². The van der Waals surface area contributed by atoms with E-state index in [1.54, 1.807) is 18.7 Å². The van der Waals surface area contributed by atoms with Crippen molar-refractivity contribution in [3.8, 4) is 11.5 Å². The molecular weight excluding hydrogens is 226 g/mol. The quantitative estimate of drug-likeness (QED) is 0.703. The molecule has 0 atom stereocenters. The smallest absolute Gasteiger partial charge is 0.158 e. The highest BCUT2D eigenvalue weighted by Gasteiger charge is 2.07. The van der Waals surface area contributed by atoms with Gasteiger partial charge in [0.2, 0.25) is 0 Å². The first-order valence-electron chi connectivity index (χ1n) is 5.88. The lowest BCUT2D eigenvalue weighted by Gasteiger charge is -2.05. The van der Waals surface area contributed by atoms with Crippen molar-refractivity contribution in [1.29, 1.82) is 0 Å². The van der Waals surface area contributed by atoms with Crippen LogP contribution in [0.5, 0.6) is 0 Å². The van der Waals surface area contributed by atoms with E-state index in [1.807, 2.05) is 36.5 Å². The predicted molar refractivity (Wildman–Crippen MR) is 67.9 cm³/mol. The van der Waals surface area contributed by atoms with Gasteiger partial charge in [-0.25, -0.2) is 4.98 Å². The molecule has 3 rings (SSSR count). The van der Waals surface area contributed by atoms with Gasteiger partial charge in [0.15, 0.2) is 5.82 Å². The Labute approximate surface area is 105 Å². The average molecular weight is 239 g/mol. The number of aryl methyl sites for hydroxylation is 2. The van der Waals surface area contributed by atoms with Crippen LogP contribution >= 0.6 is 0 Å². The Balaban J connectivity index is 1.80. The molecule has 0 spiro atoms. The lowest BCUT2D eigenvalue weighted by Crippen LogP contribution is -2.02. The average Bonchev–Trinajstić information content (AvgIpc) is 3.09. The molecule has 0 fully saturated rings. The van der Waals surface area contributed by atoms with Crippen molar-refractivity contribution < 1.29 is 4.42 Å². The summed E-state index contributed by atoms with van der Waals surface area (Å²) in [5, 5.41) is 0. The molecule has 3 aromatic heterocycles. The number of furan rings is 1. The number of rotatable bonds is 4. The van der Waals surface area contributed by atoms with Crippen LogP contribution in [0.15, 0.2) is 59.6 Å². The number of imidazole rings is 1. The van der Waals surface area contributed by atoms with Crippen LogP contribution in [0.1, 0.15) is 5.76 Å². The SMILES string of the molecule is c1ccc(-c2nccn2CCc2ccco2)nc1. The van der Waals surface area contributed by atoms with Crippen molar-refractivity contribution in [2.45, 2.75) is 13.0 Å². The van der Waals surface area contributed by atoms with Gasteiger partial charge in [0.1, 0.15) is 11.5 Å². The van der Waals surface area contributed by atoms with Crippen LogP contribution in [0.4, 0.5) is 0 Å². The summed E-state index contributed by atoms with van der Waals surface area (Å²) >= 11 is 0. The van der Waals surface area contributed by atoms with Gasteiger partial charge in [0.05, 0.1) is 6.26 Å². The van der Waals surface area contributed by atoms with Gasteiger partial charge in [-0.3, -0.25) is 4.98 Å². The summed E-state index contributed by atoms with van der Waals surface area (Å²) in [7, 11) is 0. The van der Waals surface area contributed by atoms with Gasteiger partial charge in [-0.2, -0.15) is 0 Å². The van der Waals surface area contributed by atoms with Crippen LogP contribution in [0.25, 0.3) is 11.5 Å². The molecule has 0 unspecified atom stereocenters. The van der Waals surface area contributed by atoms with E-state index >= 15 is 0 Å². The third-order valence-electron chi connectivity index (χ3n) is 2.79. The Morgan fingerprint density at radius 3 is 2.83 bits per heavy atom. The van der Waals surface area contributed by atoms with E-state index in [4.69, 9.17) is 4.42 Å². The summed E-state index contributed by atoms with van der Waals surface area (Å²) in [6.07, 6.45) is 8.09. The van der Waals surface area contributed by atoms with Crippen molar-refractivity contribution in [2.75, 3.05) is 0 Å². The minimum atomic E-state index is 0.833. The molecule has 0 N–H and O–H groups in total. The van der Waals surface area contributed by atoms with Crippen LogP contribution < -0.4 is 0 Å². The molecule has 18 heavy (non-hydrogen) atoms. The zero-order valence-electron chi connectivity index (χ0n) is 9.86. The zero-order chi connectivity index (χ0) is 12.2.